The van der Waals surface area contributed by atoms with E-state index in [9.17, 15) is 9.50 Å². The number of hydrogen-bond donors (Lipinski definition) is 2. The van der Waals surface area contributed by atoms with Gasteiger partial charge in [0.05, 0.1) is 6.61 Å². The highest BCUT2D eigenvalue weighted by molar-refractivity contribution is 5.28. The van der Waals surface area contributed by atoms with Gasteiger partial charge in [0.2, 0.25) is 0 Å². The summed E-state index contributed by atoms with van der Waals surface area (Å²) in [7, 11) is 0. The molecule has 3 nitrogen and oxygen atoms in total. The van der Waals surface area contributed by atoms with E-state index in [1.807, 2.05) is 0 Å². The smallest absolute Gasteiger partial charge is 0.127 e. The zero-order chi connectivity index (χ0) is 14.1. The van der Waals surface area contributed by atoms with Crippen LogP contribution in [0.3, 0.4) is 0 Å². The molecular formula is C15H24FNO2. The molecule has 0 spiro atoms. The van der Waals surface area contributed by atoms with Crippen molar-refractivity contribution in [2.75, 3.05) is 26.4 Å². The molecular weight excluding hydrogens is 245 g/mol. The Morgan fingerprint density at radius 2 is 2.05 bits per heavy atom. The summed E-state index contributed by atoms with van der Waals surface area (Å²) in [5.74, 6) is -0.324. The lowest BCUT2D eigenvalue weighted by molar-refractivity contribution is 0.0919. The van der Waals surface area contributed by atoms with Crippen LogP contribution in [0.2, 0.25) is 0 Å². The second-order valence-electron chi connectivity index (χ2n) is 4.84. The van der Waals surface area contributed by atoms with Gasteiger partial charge in [-0.1, -0.05) is 31.5 Å². The lowest BCUT2D eigenvalue weighted by Gasteiger charge is -2.31. The molecule has 19 heavy (non-hydrogen) atoms. The summed E-state index contributed by atoms with van der Waals surface area (Å²) in [6.07, 6.45) is 2.61. The Morgan fingerprint density at radius 1 is 1.32 bits per heavy atom. The summed E-state index contributed by atoms with van der Waals surface area (Å²) < 4.78 is 19.4. The Hall–Kier alpha value is -0.970. The van der Waals surface area contributed by atoms with Gasteiger partial charge in [-0.05, 0) is 24.5 Å². The van der Waals surface area contributed by atoms with E-state index in [0.29, 0.717) is 25.2 Å². The van der Waals surface area contributed by atoms with Crippen molar-refractivity contribution in [3.8, 4) is 0 Å². The average Bonchev–Trinajstić information content (AvgIpc) is 2.44. The van der Waals surface area contributed by atoms with Crippen LogP contribution in [0, 0.1) is 5.82 Å². The molecule has 0 heterocycles. The number of benzene rings is 1. The average molecular weight is 269 g/mol. The van der Waals surface area contributed by atoms with Gasteiger partial charge in [-0.3, -0.25) is 0 Å². The van der Waals surface area contributed by atoms with E-state index in [0.717, 1.165) is 12.8 Å². The summed E-state index contributed by atoms with van der Waals surface area (Å²) >= 11 is 0. The topological polar surface area (TPSA) is 55.5 Å². The standard InChI is InChI=1S/C15H24FNO2/c1-2-3-9-19-10-8-15(11-17,12-18)13-6-4-5-7-14(13)16/h4-7,18H,2-3,8-12,17H2,1H3. The fourth-order valence-electron chi connectivity index (χ4n) is 2.08. The predicted molar refractivity (Wildman–Crippen MR) is 74.6 cm³/mol. The Labute approximate surface area is 114 Å². The maximum Gasteiger partial charge on any atom is 0.127 e. The van der Waals surface area contributed by atoms with Crippen LogP contribution in [0.5, 0.6) is 0 Å². The van der Waals surface area contributed by atoms with Gasteiger partial charge in [-0.15, -0.1) is 0 Å². The van der Waals surface area contributed by atoms with Gasteiger partial charge in [-0.2, -0.15) is 0 Å². The molecule has 108 valence electrons. The van der Waals surface area contributed by atoms with Crippen LogP contribution < -0.4 is 5.73 Å². The minimum atomic E-state index is -0.752. The van der Waals surface area contributed by atoms with Crippen molar-refractivity contribution in [3.05, 3.63) is 35.6 Å². The van der Waals surface area contributed by atoms with Crippen molar-refractivity contribution in [1.29, 1.82) is 0 Å². The number of unbranched alkanes of at least 4 members (excludes halogenated alkanes) is 1. The van der Waals surface area contributed by atoms with Crippen LogP contribution in [-0.2, 0) is 10.2 Å². The second-order valence-corrected chi connectivity index (χ2v) is 4.84. The number of halogens is 1. The molecule has 4 heteroatoms. The number of nitrogens with two attached hydrogens (primary N) is 1. The Morgan fingerprint density at radius 3 is 2.63 bits per heavy atom. The van der Waals surface area contributed by atoms with E-state index in [2.05, 4.69) is 6.92 Å². The van der Waals surface area contributed by atoms with Gasteiger partial charge in [0.1, 0.15) is 5.82 Å². The molecule has 0 amide bonds. The monoisotopic (exact) mass is 269 g/mol. The molecule has 0 saturated heterocycles. The molecule has 0 fully saturated rings. The SMILES string of the molecule is CCCCOCCC(CN)(CO)c1ccccc1F. The number of aliphatic hydroxyl groups is 1. The molecule has 1 aromatic rings. The van der Waals surface area contributed by atoms with Gasteiger partial charge in [0.15, 0.2) is 0 Å². The largest absolute Gasteiger partial charge is 0.395 e. The quantitative estimate of drug-likeness (QED) is 0.676. The van der Waals surface area contributed by atoms with Crippen molar-refractivity contribution in [3.63, 3.8) is 0 Å². The molecule has 0 bridgehead atoms. The van der Waals surface area contributed by atoms with Gasteiger partial charge in [-0.25, -0.2) is 4.39 Å². The second kappa shape index (κ2) is 8.25. The van der Waals surface area contributed by atoms with Crippen LogP contribution in [0.4, 0.5) is 4.39 Å². The van der Waals surface area contributed by atoms with Crippen molar-refractivity contribution < 1.29 is 14.2 Å². The summed E-state index contributed by atoms with van der Waals surface area (Å²) in [6.45, 7) is 3.29. The molecule has 1 atom stereocenters. The van der Waals surface area contributed by atoms with Gasteiger partial charge in [0.25, 0.3) is 0 Å². The minimum Gasteiger partial charge on any atom is -0.395 e. The number of ether oxygens (including phenoxy) is 1. The first-order valence-corrected chi connectivity index (χ1v) is 6.84. The van der Waals surface area contributed by atoms with Crippen molar-refractivity contribution in [2.24, 2.45) is 5.73 Å². The molecule has 0 aromatic heterocycles. The third-order valence-corrected chi connectivity index (χ3v) is 3.51. The van der Waals surface area contributed by atoms with Crippen molar-refractivity contribution in [1.82, 2.24) is 0 Å². The van der Waals surface area contributed by atoms with E-state index in [1.165, 1.54) is 6.07 Å². The lowest BCUT2D eigenvalue weighted by atomic mass is 9.78. The molecule has 0 aliphatic heterocycles. The third-order valence-electron chi connectivity index (χ3n) is 3.51. The molecule has 0 aliphatic rings. The molecule has 0 radical (unpaired) electrons. The van der Waals surface area contributed by atoms with E-state index in [4.69, 9.17) is 10.5 Å². The highest BCUT2D eigenvalue weighted by Crippen LogP contribution is 2.29. The highest BCUT2D eigenvalue weighted by Gasteiger charge is 2.32. The predicted octanol–water partition coefficient (Wildman–Crippen LogP) is 2.22. The third kappa shape index (κ3) is 4.27. The van der Waals surface area contributed by atoms with Crippen LogP contribution in [0.25, 0.3) is 0 Å². The number of hydrogen-bond acceptors (Lipinski definition) is 3. The first-order valence-electron chi connectivity index (χ1n) is 6.84. The lowest BCUT2D eigenvalue weighted by Crippen LogP contribution is -2.40. The van der Waals surface area contributed by atoms with Gasteiger partial charge in [0, 0.05) is 25.2 Å². The number of rotatable bonds is 9. The molecule has 0 saturated carbocycles. The van der Waals surface area contributed by atoms with E-state index in [1.54, 1.807) is 18.2 Å². The normalized spacial score (nSPS) is 14.3. The molecule has 3 N–H and O–H groups in total. The Bertz CT molecular complexity index is 367. The van der Waals surface area contributed by atoms with Crippen molar-refractivity contribution >= 4 is 0 Å². The first-order chi connectivity index (χ1) is 9.20. The maximum atomic E-state index is 13.9. The zero-order valence-corrected chi connectivity index (χ0v) is 11.6. The van der Waals surface area contributed by atoms with E-state index in [-0.39, 0.29) is 19.0 Å². The summed E-state index contributed by atoms with van der Waals surface area (Å²) in [5.41, 5.74) is 5.50. The first kappa shape index (κ1) is 16.1. The molecule has 1 aromatic carbocycles. The van der Waals surface area contributed by atoms with Gasteiger partial charge >= 0.3 is 0 Å². The van der Waals surface area contributed by atoms with Crippen molar-refractivity contribution in [2.45, 2.75) is 31.6 Å². The summed E-state index contributed by atoms with van der Waals surface area (Å²) in [5, 5.41) is 9.65. The van der Waals surface area contributed by atoms with Crippen LogP contribution >= 0.6 is 0 Å². The maximum absolute atomic E-state index is 13.9. The number of aliphatic hydroxyl groups excluding tert-OH is 1. The molecule has 0 aliphatic carbocycles. The Balaban J connectivity index is 2.71. The minimum absolute atomic E-state index is 0.179. The van der Waals surface area contributed by atoms with E-state index < -0.39 is 5.41 Å². The van der Waals surface area contributed by atoms with E-state index >= 15 is 0 Å². The molecule has 1 rings (SSSR count). The fourth-order valence-corrected chi connectivity index (χ4v) is 2.08. The van der Waals surface area contributed by atoms with Crippen LogP contribution in [0.15, 0.2) is 24.3 Å². The highest BCUT2D eigenvalue weighted by atomic mass is 19.1. The summed E-state index contributed by atoms with van der Waals surface area (Å²) in [4.78, 5) is 0. The van der Waals surface area contributed by atoms with Crippen LogP contribution in [-0.4, -0.2) is 31.5 Å². The Kier molecular flexibility index (Phi) is 6.99. The zero-order valence-electron chi connectivity index (χ0n) is 11.6. The summed E-state index contributed by atoms with van der Waals surface area (Å²) in [6, 6.07) is 6.48. The fraction of sp³-hybridized carbons (Fsp3) is 0.600. The van der Waals surface area contributed by atoms with Gasteiger partial charge < -0.3 is 15.6 Å². The van der Waals surface area contributed by atoms with Crippen LogP contribution in [0.1, 0.15) is 31.7 Å². The molecule has 1 unspecified atom stereocenters.